The minimum atomic E-state index is -0.0688. The van der Waals surface area contributed by atoms with E-state index in [1.165, 1.54) is 6.20 Å². The van der Waals surface area contributed by atoms with Gasteiger partial charge in [0.1, 0.15) is 5.69 Å². The van der Waals surface area contributed by atoms with E-state index in [4.69, 9.17) is 4.42 Å². The fourth-order valence-electron chi connectivity index (χ4n) is 0.801. The summed E-state index contributed by atoms with van der Waals surface area (Å²) in [6.07, 6.45) is 2.01. The average Bonchev–Trinajstić information content (AvgIpc) is 2.67. The molecule has 6 heteroatoms. The van der Waals surface area contributed by atoms with Gasteiger partial charge in [0.15, 0.2) is 0 Å². The predicted octanol–water partition coefficient (Wildman–Crippen LogP) is 0.339. The molecule has 0 aliphatic rings. The molecule has 2 rings (SSSR count). The van der Waals surface area contributed by atoms with Crippen molar-refractivity contribution >= 4 is 6.29 Å². The van der Waals surface area contributed by atoms with E-state index in [2.05, 4.69) is 20.4 Å². The van der Waals surface area contributed by atoms with Crippen LogP contribution in [-0.4, -0.2) is 26.7 Å². The summed E-state index contributed by atoms with van der Waals surface area (Å²) in [6, 6.07) is 3.35. The zero-order valence-electron chi connectivity index (χ0n) is 6.41. The van der Waals surface area contributed by atoms with Gasteiger partial charge in [-0.05, 0) is 12.1 Å². The van der Waals surface area contributed by atoms with Gasteiger partial charge in [-0.1, -0.05) is 0 Å². The minimum Gasteiger partial charge on any atom is -0.412 e. The van der Waals surface area contributed by atoms with Gasteiger partial charge in [-0.15, -0.1) is 15.3 Å². The van der Waals surface area contributed by atoms with Crippen molar-refractivity contribution in [3.8, 4) is 11.6 Å². The summed E-state index contributed by atoms with van der Waals surface area (Å²) in [5, 5.41) is 14.4. The van der Waals surface area contributed by atoms with Crippen LogP contribution in [0.15, 0.2) is 22.7 Å². The van der Waals surface area contributed by atoms with Gasteiger partial charge in [0, 0.05) is 6.20 Å². The van der Waals surface area contributed by atoms with Crippen molar-refractivity contribution in [2.45, 2.75) is 0 Å². The highest BCUT2D eigenvalue weighted by Gasteiger charge is 2.07. The van der Waals surface area contributed by atoms with Crippen molar-refractivity contribution < 1.29 is 9.21 Å². The lowest BCUT2D eigenvalue weighted by Crippen LogP contribution is -1.84. The Morgan fingerprint density at radius 3 is 2.85 bits per heavy atom. The Morgan fingerprint density at radius 2 is 2.23 bits per heavy atom. The van der Waals surface area contributed by atoms with E-state index < -0.39 is 0 Å². The first-order valence-electron chi connectivity index (χ1n) is 3.47. The van der Waals surface area contributed by atoms with Crippen LogP contribution in [0.2, 0.25) is 0 Å². The van der Waals surface area contributed by atoms with Crippen molar-refractivity contribution in [2.75, 3.05) is 0 Å². The van der Waals surface area contributed by atoms with Crippen LogP contribution in [-0.2, 0) is 0 Å². The second-order valence-electron chi connectivity index (χ2n) is 2.17. The largest absolute Gasteiger partial charge is 0.412 e. The van der Waals surface area contributed by atoms with Crippen LogP contribution in [0.25, 0.3) is 11.6 Å². The quantitative estimate of drug-likeness (QED) is 0.613. The first-order valence-corrected chi connectivity index (χ1v) is 3.47. The highest BCUT2D eigenvalue weighted by Crippen LogP contribution is 2.11. The molecule has 0 saturated carbocycles. The topological polar surface area (TPSA) is 81.8 Å². The summed E-state index contributed by atoms with van der Waals surface area (Å²) in [5.74, 6) is 0.121. The molecule has 0 saturated heterocycles. The van der Waals surface area contributed by atoms with E-state index >= 15 is 0 Å². The SMILES string of the molecule is O=Cc1nnc(-c2cccnn2)o1. The molecule has 2 aromatic rings. The molecule has 2 aromatic heterocycles. The van der Waals surface area contributed by atoms with Gasteiger partial charge < -0.3 is 4.42 Å². The van der Waals surface area contributed by atoms with E-state index in [0.29, 0.717) is 12.0 Å². The Bertz CT molecular complexity index is 411. The van der Waals surface area contributed by atoms with E-state index in [1.54, 1.807) is 12.1 Å². The number of rotatable bonds is 2. The summed E-state index contributed by atoms with van der Waals surface area (Å²) >= 11 is 0. The van der Waals surface area contributed by atoms with Crippen molar-refractivity contribution in [3.63, 3.8) is 0 Å². The van der Waals surface area contributed by atoms with Crippen molar-refractivity contribution in [2.24, 2.45) is 0 Å². The molecule has 6 nitrogen and oxygen atoms in total. The highest BCUT2D eigenvalue weighted by atomic mass is 16.4. The fraction of sp³-hybridized carbons (Fsp3) is 0. The Morgan fingerprint density at radius 1 is 1.31 bits per heavy atom. The van der Waals surface area contributed by atoms with Gasteiger partial charge in [0.25, 0.3) is 11.8 Å². The second-order valence-corrected chi connectivity index (χ2v) is 2.17. The standard InChI is InChI=1S/C7H4N4O2/c12-4-6-10-11-7(13-6)5-2-1-3-8-9-5/h1-4H. The molecular formula is C7H4N4O2. The third-order valence-corrected chi connectivity index (χ3v) is 1.33. The number of carbonyl (C=O) groups excluding carboxylic acids is 1. The smallest absolute Gasteiger partial charge is 0.281 e. The summed E-state index contributed by atoms with van der Waals surface area (Å²) in [4.78, 5) is 10.2. The number of aldehydes is 1. The summed E-state index contributed by atoms with van der Waals surface area (Å²) < 4.78 is 4.93. The molecule has 0 radical (unpaired) electrons. The highest BCUT2D eigenvalue weighted by molar-refractivity contribution is 5.67. The Kier molecular flexibility index (Phi) is 1.79. The van der Waals surface area contributed by atoms with Gasteiger partial charge in [-0.2, -0.15) is 5.10 Å². The molecule has 0 fully saturated rings. The van der Waals surface area contributed by atoms with Crippen LogP contribution < -0.4 is 0 Å². The monoisotopic (exact) mass is 176 g/mol. The normalized spacial score (nSPS) is 9.85. The minimum absolute atomic E-state index is 0.0688. The van der Waals surface area contributed by atoms with Crippen LogP contribution in [0.4, 0.5) is 0 Å². The lowest BCUT2D eigenvalue weighted by Gasteiger charge is -1.88. The molecule has 2 heterocycles. The number of hydrogen-bond acceptors (Lipinski definition) is 6. The number of aromatic nitrogens is 4. The summed E-state index contributed by atoms with van der Waals surface area (Å²) in [6.45, 7) is 0. The van der Waals surface area contributed by atoms with Crippen molar-refractivity contribution in [1.82, 2.24) is 20.4 Å². The molecule has 0 spiro atoms. The van der Waals surface area contributed by atoms with Crippen molar-refractivity contribution in [1.29, 1.82) is 0 Å². The molecule has 0 amide bonds. The maximum atomic E-state index is 10.2. The maximum Gasteiger partial charge on any atom is 0.281 e. The van der Waals surface area contributed by atoms with Crippen LogP contribution in [0.3, 0.4) is 0 Å². The number of carbonyl (C=O) groups is 1. The molecule has 0 aliphatic carbocycles. The molecule has 0 aromatic carbocycles. The van der Waals surface area contributed by atoms with E-state index in [0.717, 1.165) is 0 Å². The molecule has 0 unspecified atom stereocenters. The summed E-state index contributed by atoms with van der Waals surface area (Å²) in [7, 11) is 0. The first-order chi connectivity index (χ1) is 6.40. The molecule has 0 N–H and O–H groups in total. The Hall–Kier alpha value is -2.11. The van der Waals surface area contributed by atoms with E-state index in [-0.39, 0.29) is 11.8 Å². The van der Waals surface area contributed by atoms with Gasteiger partial charge in [-0.25, -0.2) is 0 Å². The van der Waals surface area contributed by atoms with Crippen LogP contribution >= 0.6 is 0 Å². The molecule has 0 bridgehead atoms. The molecule has 64 valence electrons. The Labute approximate surface area is 72.6 Å². The van der Waals surface area contributed by atoms with Gasteiger partial charge in [0.05, 0.1) is 0 Å². The summed E-state index contributed by atoms with van der Waals surface area (Å²) in [5.41, 5.74) is 0.447. The molecule has 0 atom stereocenters. The molecule has 13 heavy (non-hydrogen) atoms. The molecule has 0 aliphatic heterocycles. The van der Waals surface area contributed by atoms with E-state index in [1.807, 2.05) is 0 Å². The van der Waals surface area contributed by atoms with Gasteiger partial charge >= 0.3 is 0 Å². The van der Waals surface area contributed by atoms with E-state index in [9.17, 15) is 4.79 Å². The van der Waals surface area contributed by atoms with Crippen LogP contribution in [0.5, 0.6) is 0 Å². The van der Waals surface area contributed by atoms with Gasteiger partial charge in [0.2, 0.25) is 6.29 Å². The molecular weight excluding hydrogens is 172 g/mol. The predicted molar refractivity (Wildman–Crippen MR) is 40.7 cm³/mol. The van der Waals surface area contributed by atoms with Crippen LogP contribution in [0, 0.1) is 0 Å². The van der Waals surface area contributed by atoms with Crippen molar-refractivity contribution in [3.05, 3.63) is 24.2 Å². The maximum absolute atomic E-state index is 10.2. The lowest BCUT2D eigenvalue weighted by atomic mass is 10.4. The fourth-order valence-corrected chi connectivity index (χ4v) is 0.801. The van der Waals surface area contributed by atoms with Crippen LogP contribution in [0.1, 0.15) is 10.7 Å². The Balaban J connectivity index is 2.41. The zero-order valence-corrected chi connectivity index (χ0v) is 6.41. The second kappa shape index (κ2) is 3.10. The first kappa shape index (κ1) is 7.53. The lowest BCUT2D eigenvalue weighted by molar-refractivity contribution is 0.109. The van der Waals surface area contributed by atoms with Gasteiger partial charge in [-0.3, -0.25) is 4.79 Å². The zero-order chi connectivity index (χ0) is 9.10. The third-order valence-electron chi connectivity index (χ3n) is 1.33. The average molecular weight is 176 g/mol. The third kappa shape index (κ3) is 1.41. The number of hydrogen-bond donors (Lipinski definition) is 0. The number of nitrogens with zero attached hydrogens (tertiary/aromatic N) is 4.